The summed E-state index contributed by atoms with van der Waals surface area (Å²) in [6.45, 7) is 1.32. The third kappa shape index (κ3) is 5.98. The van der Waals surface area contributed by atoms with Crippen LogP contribution in [0.3, 0.4) is 0 Å². The van der Waals surface area contributed by atoms with Crippen LogP contribution in [0.1, 0.15) is 6.92 Å². The number of benzene rings is 2. The number of ether oxygens (including phenoxy) is 1. The first-order valence-corrected chi connectivity index (χ1v) is 13.1. The quantitative estimate of drug-likeness (QED) is 0.209. The number of hydrogen-bond acceptors (Lipinski definition) is 10. The maximum atomic E-state index is 11.5. The fraction of sp³-hybridized carbons (Fsp3) is 0.143. The highest BCUT2D eigenvalue weighted by molar-refractivity contribution is 7.92. The number of carbonyl (C=O) groups excluding carboxylic acids is 1. The van der Waals surface area contributed by atoms with Crippen LogP contribution in [-0.2, 0) is 25.9 Å². The van der Waals surface area contributed by atoms with E-state index in [9.17, 15) is 22.0 Å². The number of esters is 1. The molecule has 0 radical (unpaired) electrons. The van der Waals surface area contributed by atoms with Gasteiger partial charge in [-0.3, -0.25) is 13.3 Å². The predicted octanol–water partition coefficient (Wildman–Crippen LogP) is 2.09. The molecule has 1 N–H and O–H groups in total. The number of hydrogen-bond donors (Lipinski definition) is 1. The molecule has 1 atom stereocenters. The van der Waals surface area contributed by atoms with Gasteiger partial charge in [-0.2, -0.15) is 10.1 Å². The van der Waals surface area contributed by atoms with Crippen LogP contribution < -0.4 is 14.4 Å². The summed E-state index contributed by atoms with van der Waals surface area (Å²) < 4.78 is 53.4. The average Bonchev–Trinajstić information content (AvgIpc) is 3.21. The van der Waals surface area contributed by atoms with E-state index in [0.717, 1.165) is 10.6 Å². The van der Waals surface area contributed by atoms with Gasteiger partial charge in [0.1, 0.15) is 11.6 Å². The zero-order valence-corrected chi connectivity index (χ0v) is 20.1. The van der Waals surface area contributed by atoms with Gasteiger partial charge in [0, 0.05) is 42.0 Å². The van der Waals surface area contributed by atoms with Crippen molar-refractivity contribution in [2.75, 3.05) is 21.8 Å². The molecular weight excluding hydrogens is 496 g/mol. The summed E-state index contributed by atoms with van der Waals surface area (Å²) in [5, 5.41) is 8.07. The van der Waals surface area contributed by atoms with Gasteiger partial charge >= 0.3 is 5.97 Å². The van der Waals surface area contributed by atoms with Gasteiger partial charge in [0.25, 0.3) is 0 Å². The van der Waals surface area contributed by atoms with Crippen molar-refractivity contribution >= 4 is 55.4 Å². The summed E-state index contributed by atoms with van der Waals surface area (Å²) in [5.41, 5.74) is 1.98. The third-order valence-electron chi connectivity index (χ3n) is 4.59. The van der Waals surface area contributed by atoms with E-state index in [2.05, 4.69) is 20.4 Å². The molecule has 2 aromatic carbocycles. The Morgan fingerprint density at radius 2 is 1.83 bits per heavy atom. The third-order valence-corrected chi connectivity index (χ3v) is 6.19. The Balaban J connectivity index is 1.56. The van der Waals surface area contributed by atoms with Crippen LogP contribution >= 0.6 is 0 Å². The summed E-state index contributed by atoms with van der Waals surface area (Å²) in [4.78, 5) is 19.9. The van der Waals surface area contributed by atoms with E-state index >= 15 is 0 Å². The Bertz CT molecular complexity index is 1500. The average molecular weight is 516 g/mol. The molecule has 14 heteroatoms. The van der Waals surface area contributed by atoms with Crippen molar-refractivity contribution in [2.45, 2.75) is 6.92 Å². The lowest BCUT2D eigenvalue weighted by Crippen LogP contribution is -2.30. The van der Waals surface area contributed by atoms with Gasteiger partial charge in [0.05, 0.1) is 17.3 Å². The highest BCUT2D eigenvalue weighted by Crippen LogP contribution is 2.23. The van der Waals surface area contributed by atoms with Crippen LogP contribution in [0.2, 0.25) is 0 Å². The standard InChI is InChI=1S/C21H20N6O6S2/c1-14(28)33-19-9-7-18(8-10-19)27-20-15(12-23-27)11-22-21(25-20)24-16-3-5-17(6-4-16)26(34(29)30)13-35(2,31)32/h3-12H,13H2,1-2H3,(H,29,30)(H,22,24,25)/p-1. The monoisotopic (exact) mass is 515 g/mol. The lowest BCUT2D eigenvalue weighted by molar-refractivity contribution is -0.131. The summed E-state index contributed by atoms with van der Waals surface area (Å²) in [6, 6.07) is 12.9. The number of carbonyl (C=O) groups is 1. The lowest BCUT2D eigenvalue weighted by atomic mass is 10.3. The van der Waals surface area contributed by atoms with E-state index in [4.69, 9.17) is 4.74 Å². The highest BCUT2D eigenvalue weighted by Gasteiger charge is 2.14. The molecular formula is C21H19N6O6S2-. The molecule has 35 heavy (non-hydrogen) atoms. The Kier molecular flexibility index (Phi) is 6.77. The van der Waals surface area contributed by atoms with Gasteiger partial charge in [0.15, 0.2) is 15.5 Å². The van der Waals surface area contributed by atoms with Crippen molar-refractivity contribution in [3.05, 3.63) is 60.9 Å². The minimum Gasteiger partial charge on any atom is -0.755 e. The lowest BCUT2D eigenvalue weighted by Gasteiger charge is -2.25. The number of nitrogens with zero attached hydrogens (tertiary/aromatic N) is 5. The fourth-order valence-electron chi connectivity index (χ4n) is 3.14. The van der Waals surface area contributed by atoms with Crippen molar-refractivity contribution in [2.24, 2.45) is 0 Å². The van der Waals surface area contributed by atoms with Gasteiger partial charge in [-0.15, -0.1) is 0 Å². The highest BCUT2D eigenvalue weighted by atomic mass is 32.2. The largest absolute Gasteiger partial charge is 0.755 e. The van der Waals surface area contributed by atoms with Crippen LogP contribution in [0.4, 0.5) is 17.3 Å². The molecule has 0 aliphatic rings. The van der Waals surface area contributed by atoms with Crippen molar-refractivity contribution in [1.82, 2.24) is 19.7 Å². The van der Waals surface area contributed by atoms with E-state index in [1.165, 1.54) is 19.1 Å². The minimum absolute atomic E-state index is 0.195. The summed E-state index contributed by atoms with van der Waals surface area (Å²) in [7, 11) is -3.56. The molecule has 12 nitrogen and oxygen atoms in total. The molecule has 182 valence electrons. The van der Waals surface area contributed by atoms with Crippen molar-refractivity contribution in [3.63, 3.8) is 0 Å². The number of aromatic nitrogens is 4. The first-order chi connectivity index (χ1) is 16.6. The van der Waals surface area contributed by atoms with E-state index in [-0.39, 0.29) is 11.6 Å². The summed E-state index contributed by atoms with van der Waals surface area (Å²) in [5.74, 6) is -0.400. The second-order valence-electron chi connectivity index (χ2n) is 7.44. The molecule has 4 aromatic rings. The minimum atomic E-state index is -3.56. The van der Waals surface area contributed by atoms with Crippen LogP contribution in [0, 0.1) is 0 Å². The molecule has 0 spiro atoms. The first-order valence-electron chi connectivity index (χ1n) is 10.0. The van der Waals surface area contributed by atoms with Gasteiger partial charge in [-0.1, -0.05) is 0 Å². The molecule has 0 saturated carbocycles. The zero-order valence-electron chi connectivity index (χ0n) is 18.5. The second kappa shape index (κ2) is 9.77. The van der Waals surface area contributed by atoms with Crippen molar-refractivity contribution < 1.29 is 26.7 Å². The van der Waals surface area contributed by atoms with Gasteiger partial charge in [-0.25, -0.2) is 18.1 Å². The molecule has 0 amide bonds. The SMILES string of the molecule is CC(=O)Oc1ccc(-n2ncc3cnc(Nc4ccc(N(CS(C)(=O)=O)S(=O)[O-])cc4)nc32)cc1. The topological polar surface area (TPSA) is 159 Å². The van der Waals surface area contributed by atoms with Crippen LogP contribution in [0.5, 0.6) is 5.75 Å². The maximum Gasteiger partial charge on any atom is 0.308 e. The molecule has 0 aliphatic heterocycles. The van der Waals surface area contributed by atoms with Gasteiger partial charge < -0.3 is 14.6 Å². The first kappa shape index (κ1) is 24.3. The normalized spacial score (nSPS) is 12.3. The molecule has 2 aromatic heterocycles. The Morgan fingerprint density at radius 3 is 2.43 bits per heavy atom. The van der Waals surface area contributed by atoms with E-state index < -0.39 is 32.9 Å². The Labute approximate surface area is 202 Å². The van der Waals surface area contributed by atoms with Gasteiger partial charge in [0.2, 0.25) is 5.95 Å². The van der Waals surface area contributed by atoms with E-state index in [1.807, 2.05) is 0 Å². The van der Waals surface area contributed by atoms with E-state index in [1.54, 1.807) is 53.5 Å². The second-order valence-corrected chi connectivity index (χ2v) is 10.4. The summed E-state index contributed by atoms with van der Waals surface area (Å²) in [6.07, 6.45) is 4.17. The molecule has 1 unspecified atom stereocenters. The zero-order chi connectivity index (χ0) is 25.2. The van der Waals surface area contributed by atoms with Crippen molar-refractivity contribution in [3.8, 4) is 11.4 Å². The molecule has 0 saturated heterocycles. The Hall–Kier alpha value is -3.88. The number of sulfone groups is 1. The van der Waals surface area contributed by atoms with Crippen LogP contribution in [0.25, 0.3) is 16.7 Å². The maximum absolute atomic E-state index is 11.5. The fourth-order valence-corrected chi connectivity index (χ4v) is 4.93. The molecule has 0 fully saturated rings. The predicted molar refractivity (Wildman–Crippen MR) is 129 cm³/mol. The smallest absolute Gasteiger partial charge is 0.308 e. The van der Waals surface area contributed by atoms with Crippen LogP contribution in [0.15, 0.2) is 60.9 Å². The molecule has 2 heterocycles. The number of rotatable bonds is 8. The number of fused-ring (bicyclic) bond motifs is 1. The van der Waals surface area contributed by atoms with Gasteiger partial charge in [-0.05, 0) is 48.5 Å². The summed E-state index contributed by atoms with van der Waals surface area (Å²) >= 11 is -2.76. The Morgan fingerprint density at radius 1 is 1.14 bits per heavy atom. The number of anilines is 3. The van der Waals surface area contributed by atoms with Crippen molar-refractivity contribution in [1.29, 1.82) is 0 Å². The molecule has 0 aliphatic carbocycles. The van der Waals surface area contributed by atoms with Crippen LogP contribution in [-0.4, -0.2) is 55.0 Å². The molecule has 0 bridgehead atoms. The number of nitrogens with one attached hydrogen (secondary N) is 1. The van der Waals surface area contributed by atoms with E-state index in [0.29, 0.717) is 28.2 Å². The molecule has 4 rings (SSSR count).